The second kappa shape index (κ2) is 5.83. The van der Waals surface area contributed by atoms with Crippen LogP contribution in [0, 0.1) is 0 Å². The highest BCUT2D eigenvalue weighted by Gasteiger charge is 2.31. The fraction of sp³-hybridized carbons (Fsp3) is 0.400. The maximum absolute atomic E-state index is 12.8. The van der Waals surface area contributed by atoms with Crippen molar-refractivity contribution in [2.75, 3.05) is 18.9 Å². The molecule has 0 saturated heterocycles. The Balaban J connectivity index is 1.97. The molecule has 0 aliphatic heterocycles. The maximum atomic E-state index is 12.8. The number of anilines is 1. The van der Waals surface area contributed by atoms with Crippen LogP contribution >= 0.6 is 22.9 Å². The number of hydrogen-bond acceptors (Lipinski definition) is 4. The van der Waals surface area contributed by atoms with Crippen molar-refractivity contribution in [3.05, 3.63) is 28.1 Å². The molecule has 3 rings (SSSR count). The lowest BCUT2D eigenvalue weighted by Gasteiger charge is -2.37. The topological polar surface area (TPSA) is 66.6 Å². The number of thiophene rings is 1. The second-order valence-corrected chi connectivity index (χ2v) is 6.78. The SMILES string of the molecule is Nc1c(C(=O)N(CCO)C2CCC2)sc2ccc(Cl)cc12. The maximum Gasteiger partial charge on any atom is 0.266 e. The van der Waals surface area contributed by atoms with E-state index < -0.39 is 0 Å². The Bertz CT molecular complexity index is 682. The van der Waals surface area contributed by atoms with Gasteiger partial charge in [0.15, 0.2) is 0 Å². The highest BCUT2D eigenvalue weighted by atomic mass is 35.5. The van der Waals surface area contributed by atoms with Gasteiger partial charge in [-0.2, -0.15) is 0 Å². The van der Waals surface area contributed by atoms with Crippen LogP contribution in [0.4, 0.5) is 5.69 Å². The molecule has 1 aromatic carbocycles. The van der Waals surface area contributed by atoms with E-state index in [1.54, 1.807) is 17.0 Å². The summed E-state index contributed by atoms with van der Waals surface area (Å²) in [5.74, 6) is -0.0800. The number of aliphatic hydroxyl groups is 1. The van der Waals surface area contributed by atoms with Gasteiger partial charge in [-0.3, -0.25) is 4.79 Å². The number of nitrogen functional groups attached to an aromatic ring is 1. The molecule has 2 aromatic rings. The third kappa shape index (κ3) is 2.61. The van der Waals surface area contributed by atoms with Gasteiger partial charge < -0.3 is 15.7 Å². The van der Waals surface area contributed by atoms with Crippen LogP contribution in [-0.2, 0) is 0 Å². The van der Waals surface area contributed by atoms with Gasteiger partial charge in [-0.25, -0.2) is 0 Å². The zero-order valence-corrected chi connectivity index (χ0v) is 13.1. The van der Waals surface area contributed by atoms with E-state index in [4.69, 9.17) is 17.3 Å². The molecule has 0 radical (unpaired) electrons. The minimum Gasteiger partial charge on any atom is -0.397 e. The van der Waals surface area contributed by atoms with Crippen LogP contribution in [0.3, 0.4) is 0 Å². The zero-order chi connectivity index (χ0) is 15.0. The van der Waals surface area contributed by atoms with Crippen LogP contribution in [0.1, 0.15) is 28.9 Å². The molecular formula is C15H17ClN2O2S. The number of halogens is 1. The van der Waals surface area contributed by atoms with Gasteiger partial charge in [0.1, 0.15) is 4.88 Å². The lowest BCUT2D eigenvalue weighted by molar-refractivity contribution is 0.0531. The Hall–Kier alpha value is -1.30. The number of amides is 1. The molecule has 1 amide bonds. The van der Waals surface area contributed by atoms with Crippen LogP contribution in [0.15, 0.2) is 18.2 Å². The number of carbonyl (C=O) groups excluding carboxylic acids is 1. The number of rotatable bonds is 4. The number of benzene rings is 1. The Morgan fingerprint density at radius 2 is 2.24 bits per heavy atom. The molecule has 0 atom stereocenters. The first-order valence-electron chi connectivity index (χ1n) is 7.01. The Kier molecular flexibility index (Phi) is 4.06. The van der Waals surface area contributed by atoms with Gasteiger partial charge in [0.2, 0.25) is 0 Å². The molecule has 1 aliphatic carbocycles. The number of carbonyl (C=O) groups is 1. The van der Waals surface area contributed by atoms with Gasteiger partial charge >= 0.3 is 0 Å². The van der Waals surface area contributed by atoms with Gasteiger partial charge in [0, 0.05) is 27.7 Å². The number of fused-ring (bicyclic) bond motifs is 1. The summed E-state index contributed by atoms with van der Waals surface area (Å²) in [5, 5.41) is 10.6. The molecule has 4 nitrogen and oxygen atoms in total. The van der Waals surface area contributed by atoms with E-state index in [0.717, 1.165) is 29.3 Å². The van der Waals surface area contributed by atoms with E-state index >= 15 is 0 Å². The number of hydrogen-bond donors (Lipinski definition) is 2. The first-order chi connectivity index (χ1) is 10.1. The van der Waals surface area contributed by atoms with Crippen LogP contribution in [0.5, 0.6) is 0 Å². The molecular weight excluding hydrogens is 308 g/mol. The quantitative estimate of drug-likeness (QED) is 0.908. The lowest BCUT2D eigenvalue weighted by Crippen LogP contribution is -2.45. The number of nitrogens with two attached hydrogens (primary N) is 1. The average molecular weight is 325 g/mol. The van der Waals surface area contributed by atoms with Crippen molar-refractivity contribution in [1.82, 2.24) is 4.90 Å². The Labute approximate surface area is 132 Å². The summed E-state index contributed by atoms with van der Waals surface area (Å²) in [6.45, 7) is 0.330. The van der Waals surface area contributed by atoms with Crippen LogP contribution < -0.4 is 5.73 Å². The molecule has 112 valence electrons. The van der Waals surface area contributed by atoms with Crippen LogP contribution in [-0.4, -0.2) is 35.1 Å². The molecule has 21 heavy (non-hydrogen) atoms. The van der Waals surface area contributed by atoms with Gasteiger partial charge in [-0.05, 0) is 37.5 Å². The van der Waals surface area contributed by atoms with Gasteiger partial charge in [0.25, 0.3) is 5.91 Å². The molecule has 1 fully saturated rings. The van der Waals surface area contributed by atoms with Gasteiger partial charge in [0.05, 0.1) is 12.3 Å². The molecule has 1 saturated carbocycles. The van der Waals surface area contributed by atoms with Gasteiger partial charge in [-0.15, -0.1) is 11.3 Å². The van der Waals surface area contributed by atoms with Crippen LogP contribution in [0.2, 0.25) is 5.02 Å². The van der Waals surface area contributed by atoms with Crippen LogP contribution in [0.25, 0.3) is 10.1 Å². The average Bonchev–Trinajstić information content (AvgIpc) is 2.73. The fourth-order valence-electron chi connectivity index (χ4n) is 2.63. The molecule has 1 heterocycles. The molecule has 3 N–H and O–H groups in total. The van der Waals surface area contributed by atoms with E-state index in [1.165, 1.54) is 11.3 Å². The normalized spacial score (nSPS) is 15.1. The minimum atomic E-state index is -0.0800. The minimum absolute atomic E-state index is 0.0289. The summed E-state index contributed by atoms with van der Waals surface area (Å²) >= 11 is 7.38. The summed E-state index contributed by atoms with van der Waals surface area (Å²) in [6.07, 6.45) is 3.14. The third-order valence-corrected chi connectivity index (χ3v) is 5.41. The Morgan fingerprint density at radius 3 is 2.86 bits per heavy atom. The number of nitrogens with zero attached hydrogens (tertiary/aromatic N) is 1. The monoisotopic (exact) mass is 324 g/mol. The van der Waals surface area contributed by atoms with Gasteiger partial charge in [-0.1, -0.05) is 11.6 Å². The van der Waals surface area contributed by atoms with E-state index in [0.29, 0.717) is 22.1 Å². The lowest BCUT2D eigenvalue weighted by atomic mass is 9.91. The van der Waals surface area contributed by atoms with Crippen molar-refractivity contribution in [1.29, 1.82) is 0 Å². The predicted molar refractivity (Wildman–Crippen MR) is 87.0 cm³/mol. The molecule has 0 unspecified atom stereocenters. The fourth-order valence-corrected chi connectivity index (χ4v) is 3.87. The number of aliphatic hydroxyl groups excluding tert-OH is 1. The first kappa shape index (κ1) is 14.6. The Morgan fingerprint density at radius 1 is 1.48 bits per heavy atom. The summed E-state index contributed by atoms with van der Waals surface area (Å²) in [7, 11) is 0. The van der Waals surface area contributed by atoms with Crippen molar-refractivity contribution in [3.63, 3.8) is 0 Å². The van der Waals surface area contributed by atoms with E-state index in [1.807, 2.05) is 6.07 Å². The van der Waals surface area contributed by atoms with Crippen molar-refractivity contribution in [2.45, 2.75) is 25.3 Å². The third-order valence-electron chi connectivity index (χ3n) is 4.00. The summed E-state index contributed by atoms with van der Waals surface area (Å²) in [5.41, 5.74) is 6.63. The van der Waals surface area contributed by atoms with Crippen molar-refractivity contribution >= 4 is 44.6 Å². The largest absolute Gasteiger partial charge is 0.397 e. The van der Waals surface area contributed by atoms with E-state index in [-0.39, 0.29) is 18.6 Å². The second-order valence-electron chi connectivity index (χ2n) is 5.29. The smallest absolute Gasteiger partial charge is 0.266 e. The molecule has 6 heteroatoms. The standard InChI is InChI=1S/C15H17ClN2O2S/c16-9-4-5-12-11(8-9)13(17)14(21-12)15(20)18(6-7-19)10-2-1-3-10/h4-5,8,10,19H,1-3,6-7,17H2. The van der Waals surface area contributed by atoms with Crippen molar-refractivity contribution in [3.8, 4) is 0 Å². The zero-order valence-electron chi connectivity index (χ0n) is 11.5. The summed E-state index contributed by atoms with van der Waals surface area (Å²) in [6, 6.07) is 5.71. The highest BCUT2D eigenvalue weighted by Crippen LogP contribution is 2.37. The molecule has 0 bridgehead atoms. The highest BCUT2D eigenvalue weighted by molar-refractivity contribution is 7.21. The molecule has 1 aromatic heterocycles. The summed E-state index contributed by atoms with van der Waals surface area (Å²) < 4.78 is 0.956. The molecule has 0 spiro atoms. The van der Waals surface area contributed by atoms with E-state index in [9.17, 15) is 9.90 Å². The first-order valence-corrected chi connectivity index (χ1v) is 8.20. The van der Waals surface area contributed by atoms with E-state index in [2.05, 4.69) is 0 Å². The van der Waals surface area contributed by atoms with Crippen molar-refractivity contribution in [2.24, 2.45) is 0 Å². The summed E-state index contributed by atoms with van der Waals surface area (Å²) in [4.78, 5) is 15.1. The van der Waals surface area contributed by atoms with Crippen molar-refractivity contribution < 1.29 is 9.90 Å². The molecule has 1 aliphatic rings. The predicted octanol–water partition coefficient (Wildman–Crippen LogP) is 3.12.